The molecule has 0 aromatic carbocycles. The van der Waals surface area contributed by atoms with Crippen LogP contribution >= 0.6 is 0 Å². The summed E-state index contributed by atoms with van der Waals surface area (Å²) in [6, 6.07) is 0. The van der Waals surface area contributed by atoms with Crippen molar-refractivity contribution in [3.05, 3.63) is 24.3 Å². The highest BCUT2D eigenvalue weighted by molar-refractivity contribution is 5.84. The smallest absolute Gasteiger partial charge is 0.303 e. The van der Waals surface area contributed by atoms with Crippen LogP contribution in [0.5, 0.6) is 0 Å². The summed E-state index contributed by atoms with van der Waals surface area (Å²) in [5, 5.41) is 28.7. The SMILES string of the molecule is CCCCC[C@H](O)C=C[C@H]1[C@@H](O)CC(=O)[C@@H]1CC=CCCCC(=O)O. The second-order valence-corrected chi connectivity index (χ2v) is 6.86. The molecule has 0 spiro atoms. The lowest BCUT2D eigenvalue weighted by molar-refractivity contribution is -0.137. The quantitative estimate of drug-likeness (QED) is 0.370. The third-order valence-corrected chi connectivity index (χ3v) is 4.71. The van der Waals surface area contributed by atoms with Gasteiger partial charge in [-0.25, -0.2) is 0 Å². The highest BCUT2D eigenvalue weighted by Crippen LogP contribution is 2.33. The minimum atomic E-state index is -0.801. The lowest BCUT2D eigenvalue weighted by atomic mass is 9.90. The number of unbranched alkanes of at least 4 members (excludes halogenated alkanes) is 3. The van der Waals surface area contributed by atoms with Gasteiger partial charge in [-0.3, -0.25) is 9.59 Å². The van der Waals surface area contributed by atoms with Crippen molar-refractivity contribution in [3.63, 3.8) is 0 Å². The third-order valence-electron chi connectivity index (χ3n) is 4.71. The van der Waals surface area contributed by atoms with Crippen LogP contribution in [0, 0.1) is 11.8 Å². The topological polar surface area (TPSA) is 94.8 Å². The summed E-state index contributed by atoms with van der Waals surface area (Å²) in [6.45, 7) is 2.11. The van der Waals surface area contributed by atoms with Crippen LogP contribution in [0.4, 0.5) is 0 Å². The Morgan fingerprint density at radius 3 is 2.72 bits per heavy atom. The number of allylic oxidation sites excluding steroid dienone is 2. The second kappa shape index (κ2) is 12.0. The van der Waals surface area contributed by atoms with E-state index in [1.165, 1.54) is 0 Å². The zero-order valence-corrected chi connectivity index (χ0v) is 15.1. The fraction of sp³-hybridized carbons (Fsp3) is 0.700. The predicted octanol–water partition coefficient (Wildman–Crippen LogP) is 3.25. The summed E-state index contributed by atoms with van der Waals surface area (Å²) in [5.74, 6) is -1.26. The second-order valence-electron chi connectivity index (χ2n) is 6.86. The van der Waals surface area contributed by atoms with Gasteiger partial charge in [0.2, 0.25) is 0 Å². The molecule has 142 valence electrons. The van der Waals surface area contributed by atoms with E-state index in [4.69, 9.17) is 5.11 Å². The van der Waals surface area contributed by atoms with E-state index in [9.17, 15) is 19.8 Å². The lowest BCUT2D eigenvalue weighted by Crippen LogP contribution is -2.18. The standard InChI is InChI=1S/C20H32O5/c1-2-3-6-9-15(21)12-13-17-16(18(22)14-19(17)23)10-7-4-5-8-11-20(24)25/h4,7,12-13,15-17,19,21,23H,2-3,5-6,8-11,14H2,1H3,(H,24,25)/t15-,16+,17+,19-/m0/s1. The van der Waals surface area contributed by atoms with Crippen molar-refractivity contribution in [2.45, 2.75) is 76.9 Å². The van der Waals surface area contributed by atoms with Gasteiger partial charge in [-0.1, -0.05) is 50.5 Å². The number of hydrogen-bond acceptors (Lipinski definition) is 4. The largest absolute Gasteiger partial charge is 0.481 e. The van der Waals surface area contributed by atoms with Gasteiger partial charge in [0.25, 0.3) is 0 Å². The van der Waals surface area contributed by atoms with Gasteiger partial charge in [0, 0.05) is 24.7 Å². The normalized spacial score (nSPS) is 25.2. The molecule has 1 saturated carbocycles. The Morgan fingerprint density at radius 1 is 1.28 bits per heavy atom. The summed E-state index contributed by atoms with van der Waals surface area (Å²) in [6.07, 6.45) is 12.1. The van der Waals surface area contributed by atoms with Gasteiger partial charge in [0.05, 0.1) is 12.2 Å². The number of aliphatic hydroxyl groups is 2. The van der Waals surface area contributed by atoms with Crippen molar-refractivity contribution in [2.24, 2.45) is 11.8 Å². The van der Waals surface area contributed by atoms with Crippen molar-refractivity contribution in [1.29, 1.82) is 0 Å². The van der Waals surface area contributed by atoms with Gasteiger partial charge in [-0.15, -0.1) is 0 Å². The van der Waals surface area contributed by atoms with E-state index < -0.39 is 18.2 Å². The van der Waals surface area contributed by atoms with Crippen LogP contribution in [0.15, 0.2) is 24.3 Å². The number of carbonyl (C=O) groups excluding carboxylic acids is 1. The Bertz CT molecular complexity index is 469. The van der Waals surface area contributed by atoms with Crippen LogP contribution in [0.1, 0.15) is 64.7 Å². The molecular weight excluding hydrogens is 320 g/mol. The predicted molar refractivity (Wildman–Crippen MR) is 97.1 cm³/mol. The average Bonchev–Trinajstić information content (AvgIpc) is 2.82. The molecule has 0 radical (unpaired) electrons. The molecule has 0 amide bonds. The molecule has 0 saturated heterocycles. The maximum atomic E-state index is 12.1. The Morgan fingerprint density at radius 2 is 2.04 bits per heavy atom. The van der Waals surface area contributed by atoms with Gasteiger partial charge in [0.1, 0.15) is 5.78 Å². The molecule has 0 aliphatic heterocycles. The van der Waals surface area contributed by atoms with Crippen LogP contribution in [0.25, 0.3) is 0 Å². The van der Waals surface area contributed by atoms with Gasteiger partial charge in [-0.2, -0.15) is 0 Å². The molecule has 0 heterocycles. The van der Waals surface area contributed by atoms with E-state index in [1.807, 2.05) is 12.2 Å². The fourth-order valence-electron chi connectivity index (χ4n) is 3.22. The summed E-state index contributed by atoms with van der Waals surface area (Å²) in [4.78, 5) is 22.5. The van der Waals surface area contributed by atoms with Crippen molar-refractivity contribution in [2.75, 3.05) is 0 Å². The molecular formula is C20H32O5. The monoisotopic (exact) mass is 352 g/mol. The Kier molecular flexibility index (Phi) is 10.3. The number of hydrogen-bond donors (Lipinski definition) is 3. The number of aliphatic carboxylic acids is 1. The minimum absolute atomic E-state index is 0.0535. The molecule has 0 unspecified atom stereocenters. The van der Waals surface area contributed by atoms with Crippen LogP contribution in [-0.4, -0.2) is 39.3 Å². The first-order valence-corrected chi connectivity index (χ1v) is 9.39. The maximum Gasteiger partial charge on any atom is 0.303 e. The molecule has 3 N–H and O–H groups in total. The van der Waals surface area contributed by atoms with E-state index >= 15 is 0 Å². The minimum Gasteiger partial charge on any atom is -0.481 e. The lowest BCUT2D eigenvalue weighted by Gasteiger charge is -2.16. The number of carboxylic acid groups (broad SMARTS) is 1. The van der Waals surface area contributed by atoms with Crippen molar-refractivity contribution in [1.82, 2.24) is 0 Å². The van der Waals surface area contributed by atoms with Gasteiger partial charge in [0.15, 0.2) is 0 Å². The molecule has 5 heteroatoms. The van der Waals surface area contributed by atoms with E-state index in [-0.39, 0.29) is 30.5 Å². The molecule has 1 fully saturated rings. The van der Waals surface area contributed by atoms with Crippen LogP contribution < -0.4 is 0 Å². The fourth-order valence-corrected chi connectivity index (χ4v) is 3.22. The van der Waals surface area contributed by atoms with E-state index in [2.05, 4.69) is 6.92 Å². The molecule has 25 heavy (non-hydrogen) atoms. The number of Topliss-reactive ketones (excluding diaryl/α,β-unsaturated/α-hetero) is 1. The molecule has 0 bridgehead atoms. The highest BCUT2D eigenvalue weighted by atomic mass is 16.4. The number of carboxylic acids is 1. The summed E-state index contributed by atoms with van der Waals surface area (Å²) in [7, 11) is 0. The third kappa shape index (κ3) is 8.45. The molecule has 0 aromatic rings. The van der Waals surface area contributed by atoms with E-state index in [1.54, 1.807) is 12.2 Å². The van der Waals surface area contributed by atoms with E-state index in [0.29, 0.717) is 25.7 Å². The number of rotatable bonds is 12. The zero-order chi connectivity index (χ0) is 18.7. The number of ketones is 1. The molecule has 1 rings (SSSR count). The Hall–Kier alpha value is -1.46. The van der Waals surface area contributed by atoms with Crippen molar-refractivity contribution in [3.8, 4) is 0 Å². The molecule has 1 aliphatic rings. The summed E-state index contributed by atoms with van der Waals surface area (Å²) < 4.78 is 0. The summed E-state index contributed by atoms with van der Waals surface area (Å²) in [5.41, 5.74) is 0. The first-order valence-electron chi connectivity index (χ1n) is 9.39. The highest BCUT2D eigenvalue weighted by Gasteiger charge is 2.39. The Balaban J connectivity index is 2.48. The first kappa shape index (κ1) is 21.6. The van der Waals surface area contributed by atoms with Gasteiger partial charge < -0.3 is 15.3 Å². The van der Waals surface area contributed by atoms with Gasteiger partial charge >= 0.3 is 5.97 Å². The van der Waals surface area contributed by atoms with Crippen LogP contribution in [-0.2, 0) is 9.59 Å². The maximum absolute atomic E-state index is 12.1. The molecule has 0 aromatic heterocycles. The summed E-state index contributed by atoms with van der Waals surface area (Å²) >= 11 is 0. The number of carbonyl (C=O) groups is 2. The van der Waals surface area contributed by atoms with Crippen LogP contribution in [0.3, 0.4) is 0 Å². The average molecular weight is 352 g/mol. The van der Waals surface area contributed by atoms with Crippen molar-refractivity contribution < 1.29 is 24.9 Å². The Labute approximate surface area is 150 Å². The van der Waals surface area contributed by atoms with Gasteiger partial charge in [-0.05, 0) is 25.7 Å². The molecule has 4 atom stereocenters. The zero-order valence-electron chi connectivity index (χ0n) is 15.1. The number of aliphatic hydroxyl groups excluding tert-OH is 2. The van der Waals surface area contributed by atoms with E-state index in [0.717, 1.165) is 19.3 Å². The molecule has 5 nitrogen and oxygen atoms in total. The van der Waals surface area contributed by atoms with Crippen molar-refractivity contribution >= 4 is 11.8 Å². The molecule has 1 aliphatic carbocycles. The first-order chi connectivity index (χ1) is 12.0. The van der Waals surface area contributed by atoms with Crippen LogP contribution in [0.2, 0.25) is 0 Å².